The van der Waals surface area contributed by atoms with Gasteiger partial charge in [-0.1, -0.05) is 48.0 Å². The highest BCUT2D eigenvalue weighted by Crippen LogP contribution is 2.25. The summed E-state index contributed by atoms with van der Waals surface area (Å²) in [7, 11) is 0. The molecule has 0 spiro atoms. The van der Waals surface area contributed by atoms with Gasteiger partial charge in [-0.15, -0.1) is 10.2 Å². The van der Waals surface area contributed by atoms with E-state index in [2.05, 4.69) is 10.2 Å². The minimum Gasteiger partial charge on any atom is -0.489 e. The normalized spacial score (nSPS) is 10.7. The minimum atomic E-state index is 0.496. The zero-order valence-corrected chi connectivity index (χ0v) is 14.4. The van der Waals surface area contributed by atoms with E-state index in [9.17, 15) is 0 Å². The van der Waals surface area contributed by atoms with Crippen molar-refractivity contribution in [2.75, 3.05) is 0 Å². The number of rotatable bonds is 5. The van der Waals surface area contributed by atoms with Crippen LogP contribution < -0.4 is 4.74 Å². The van der Waals surface area contributed by atoms with Crippen LogP contribution in [0.25, 0.3) is 22.9 Å². The molecule has 4 heteroatoms. The van der Waals surface area contributed by atoms with Crippen LogP contribution >= 0.6 is 0 Å². The van der Waals surface area contributed by atoms with E-state index in [0.29, 0.717) is 18.4 Å². The fourth-order valence-corrected chi connectivity index (χ4v) is 2.59. The van der Waals surface area contributed by atoms with E-state index in [1.54, 1.807) is 0 Å². The molecule has 4 nitrogen and oxygen atoms in total. The molecule has 0 N–H and O–H groups in total. The molecule has 0 saturated carbocycles. The van der Waals surface area contributed by atoms with E-state index < -0.39 is 0 Å². The first kappa shape index (κ1) is 16.1. The summed E-state index contributed by atoms with van der Waals surface area (Å²) in [6, 6.07) is 25.8. The smallest absolute Gasteiger partial charge is 0.248 e. The van der Waals surface area contributed by atoms with Gasteiger partial charge in [0.1, 0.15) is 12.4 Å². The number of ether oxygens (including phenoxy) is 1. The average Bonchev–Trinajstić information content (AvgIpc) is 3.18. The predicted molar refractivity (Wildman–Crippen MR) is 101 cm³/mol. The highest BCUT2D eigenvalue weighted by Gasteiger charge is 2.10. The van der Waals surface area contributed by atoms with Crippen molar-refractivity contribution in [3.05, 3.63) is 90.0 Å². The van der Waals surface area contributed by atoms with E-state index >= 15 is 0 Å². The second-order valence-electron chi connectivity index (χ2n) is 6.08. The molecular formula is C22H18N2O2. The van der Waals surface area contributed by atoms with E-state index in [4.69, 9.17) is 9.15 Å². The zero-order valence-electron chi connectivity index (χ0n) is 14.4. The number of nitrogens with zero attached hydrogens (tertiary/aromatic N) is 2. The lowest BCUT2D eigenvalue weighted by molar-refractivity contribution is 0.306. The molecule has 0 aliphatic carbocycles. The molecule has 0 fully saturated rings. The van der Waals surface area contributed by atoms with Crippen molar-refractivity contribution in [2.24, 2.45) is 0 Å². The summed E-state index contributed by atoms with van der Waals surface area (Å²) in [6.07, 6.45) is 0. The van der Waals surface area contributed by atoms with Crippen molar-refractivity contribution in [3.63, 3.8) is 0 Å². The van der Waals surface area contributed by atoms with Crippen LogP contribution in [0.1, 0.15) is 11.1 Å². The van der Waals surface area contributed by atoms with Crippen molar-refractivity contribution in [3.8, 4) is 28.7 Å². The van der Waals surface area contributed by atoms with Crippen molar-refractivity contribution >= 4 is 0 Å². The Balaban J connectivity index is 1.46. The van der Waals surface area contributed by atoms with Gasteiger partial charge in [0.05, 0.1) is 0 Å². The van der Waals surface area contributed by atoms with Gasteiger partial charge < -0.3 is 9.15 Å². The number of benzene rings is 3. The number of hydrogen-bond acceptors (Lipinski definition) is 4. The fourth-order valence-electron chi connectivity index (χ4n) is 2.59. The topological polar surface area (TPSA) is 48.2 Å². The molecule has 4 rings (SSSR count). The fraction of sp³-hybridized carbons (Fsp3) is 0.0909. The number of hydrogen-bond donors (Lipinski definition) is 0. The van der Waals surface area contributed by atoms with Crippen LogP contribution in [0.2, 0.25) is 0 Å². The van der Waals surface area contributed by atoms with E-state index in [-0.39, 0.29) is 0 Å². The maximum atomic E-state index is 5.80. The Kier molecular flexibility index (Phi) is 4.48. The second kappa shape index (κ2) is 7.23. The lowest BCUT2D eigenvalue weighted by Gasteiger charge is -2.06. The first-order chi connectivity index (χ1) is 12.8. The highest BCUT2D eigenvalue weighted by atomic mass is 16.5. The quantitative estimate of drug-likeness (QED) is 0.494. The van der Waals surface area contributed by atoms with Crippen LogP contribution in [-0.4, -0.2) is 10.2 Å². The maximum Gasteiger partial charge on any atom is 0.248 e. The summed E-state index contributed by atoms with van der Waals surface area (Å²) < 4.78 is 11.6. The Bertz CT molecular complexity index is 975. The molecule has 1 heterocycles. The molecule has 0 aliphatic rings. The van der Waals surface area contributed by atoms with Gasteiger partial charge in [0.25, 0.3) is 0 Å². The van der Waals surface area contributed by atoms with E-state index in [0.717, 1.165) is 22.4 Å². The summed E-state index contributed by atoms with van der Waals surface area (Å²) in [5, 5.41) is 8.29. The summed E-state index contributed by atoms with van der Waals surface area (Å²) >= 11 is 0. The van der Waals surface area contributed by atoms with E-state index in [1.165, 1.54) is 5.56 Å². The van der Waals surface area contributed by atoms with Crippen LogP contribution in [-0.2, 0) is 6.61 Å². The zero-order chi connectivity index (χ0) is 17.8. The molecule has 0 atom stereocenters. The van der Waals surface area contributed by atoms with E-state index in [1.807, 2.05) is 85.8 Å². The van der Waals surface area contributed by atoms with Gasteiger partial charge in [-0.25, -0.2) is 0 Å². The molecule has 0 bridgehead atoms. The van der Waals surface area contributed by atoms with Crippen molar-refractivity contribution in [2.45, 2.75) is 13.5 Å². The number of aryl methyl sites for hydroxylation is 1. The third kappa shape index (κ3) is 3.64. The molecule has 3 aromatic carbocycles. The second-order valence-corrected chi connectivity index (χ2v) is 6.08. The molecule has 4 aromatic rings. The largest absolute Gasteiger partial charge is 0.489 e. The predicted octanol–water partition coefficient (Wildman–Crippen LogP) is 5.29. The Labute approximate surface area is 152 Å². The van der Waals surface area contributed by atoms with Gasteiger partial charge in [0.15, 0.2) is 0 Å². The lowest BCUT2D eigenvalue weighted by atomic mass is 10.1. The molecule has 0 saturated heterocycles. The van der Waals surface area contributed by atoms with Gasteiger partial charge in [0.2, 0.25) is 11.8 Å². The summed E-state index contributed by atoms with van der Waals surface area (Å²) in [4.78, 5) is 0. The maximum absolute atomic E-state index is 5.80. The summed E-state index contributed by atoms with van der Waals surface area (Å²) in [5.41, 5.74) is 4.11. The third-order valence-corrected chi connectivity index (χ3v) is 4.07. The Morgan fingerprint density at radius 2 is 1.31 bits per heavy atom. The monoisotopic (exact) mass is 342 g/mol. The first-order valence-corrected chi connectivity index (χ1v) is 8.46. The molecule has 0 aliphatic heterocycles. The van der Waals surface area contributed by atoms with Gasteiger partial charge in [-0.3, -0.25) is 0 Å². The van der Waals surface area contributed by atoms with Crippen LogP contribution in [0.4, 0.5) is 0 Å². The van der Waals surface area contributed by atoms with Gasteiger partial charge in [-0.2, -0.15) is 0 Å². The molecule has 0 unspecified atom stereocenters. The molecule has 1 aromatic heterocycles. The highest BCUT2D eigenvalue weighted by molar-refractivity contribution is 5.58. The molecule has 0 radical (unpaired) electrons. The van der Waals surface area contributed by atoms with Crippen LogP contribution in [0.3, 0.4) is 0 Å². The molecule has 128 valence electrons. The Hall–Kier alpha value is -3.40. The van der Waals surface area contributed by atoms with Crippen molar-refractivity contribution < 1.29 is 9.15 Å². The first-order valence-electron chi connectivity index (χ1n) is 8.46. The van der Waals surface area contributed by atoms with Crippen LogP contribution in [0.5, 0.6) is 5.75 Å². The summed E-state index contributed by atoms with van der Waals surface area (Å²) in [5.74, 6) is 1.82. The lowest BCUT2D eigenvalue weighted by Crippen LogP contribution is -1.94. The van der Waals surface area contributed by atoms with Gasteiger partial charge in [0, 0.05) is 11.1 Å². The average molecular weight is 342 g/mol. The van der Waals surface area contributed by atoms with Crippen molar-refractivity contribution in [1.82, 2.24) is 10.2 Å². The van der Waals surface area contributed by atoms with Crippen molar-refractivity contribution in [1.29, 1.82) is 0 Å². The van der Waals surface area contributed by atoms with Crippen LogP contribution in [0, 0.1) is 6.92 Å². The van der Waals surface area contributed by atoms with Gasteiger partial charge >= 0.3 is 0 Å². The van der Waals surface area contributed by atoms with Crippen LogP contribution in [0.15, 0.2) is 83.3 Å². The minimum absolute atomic E-state index is 0.496. The van der Waals surface area contributed by atoms with Gasteiger partial charge in [-0.05, 0) is 48.9 Å². The standard InChI is InChI=1S/C22H18N2O2/c1-16-7-9-18(10-8-16)21-23-24-22(26-21)19-11-13-20(14-12-19)25-15-17-5-3-2-4-6-17/h2-14H,15H2,1H3. The molecular weight excluding hydrogens is 324 g/mol. The molecule has 26 heavy (non-hydrogen) atoms. The Morgan fingerprint density at radius 3 is 1.92 bits per heavy atom. The Morgan fingerprint density at radius 1 is 0.731 bits per heavy atom. The number of aromatic nitrogens is 2. The third-order valence-electron chi connectivity index (χ3n) is 4.07. The summed E-state index contributed by atoms with van der Waals surface area (Å²) in [6.45, 7) is 2.59. The molecule has 0 amide bonds. The SMILES string of the molecule is Cc1ccc(-c2nnc(-c3ccc(OCc4ccccc4)cc3)o2)cc1.